The van der Waals surface area contributed by atoms with Crippen LogP contribution >= 0.6 is 0 Å². The van der Waals surface area contributed by atoms with Crippen LogP contribution in [0.2, 0.25) is 0 Å². The summed E-state index contributed by atoms with van der Waals surface area (Å²) in [5, 5.41) is 0. The minimum absolute atomic E-state index is 0.173. The van der Waals surface area contributed by atoms with Gasteiger partial charge in [0.05, 0.1) is 18.4 Å². The van der Waals surface area contributed by atoms with Gasteiger partial charge in [0, 0.05) is 12.2 Å². The SMILES string of the molecule is C=CCN1C(=O)C2(CC2C(=O)OC)c2cc(F)ccc21. The van der Waals surface area contributed by atoms with E-state index in [2.05, 4.69) is 6.58 Å². The van der Waals surface area contributed by atoms with Crippen LogP contribution in [0, 0.1) is 11.7 Å². The van der Waals surface area contributed by atoms with E-state index in [1.54, 1.807) is 17.0 Å². The van der Waals surface area contributed by atoms with Gasteiger partial charge in [0.1, 0.15) is 5.82 Å². The molecule has 1 aromatic rings. The Bertz CT molecular complexity index is 628. The maximum Gasteiger partial charge on any atom is 0.310 e. The highest BCUT2D eigenvalue weighted by atomic mass is 19.1. The Hall–Kier alpha value is -2.17. The number of halogens is 1. The predicted molar refractivity (Wildman–Crippen MR) is 70.8 cm³/mol. The molecule has 1 saturated carbocycles. The monoisotopic (exact) mass is 275 g/mol. The fourth-order valence-corrected chi connectivity index (χ4v) is 3.10. The van der Waals surface area contributed by atoms with Gasteiger partial charge in [0.25, 0.3) is 0 Å². The molecular formula is C15H14FNO3. The second-order valence-corrected chi connectivity index (χ2v) is 5.12. The number of carbonyl (C=O) groups excluding carboxylic acids is 2. The summed E-state index contributed by atoms with van der Waals surface area (Å²) in [7, 11) is 1.29. The zero-order valence-corrected chi connectivity index (χ0v) is 11.1. The van der Waals surface area contributed by atoms with Gasteiger partial charge in [0.15, 0.2) is 0 Å². The van der Waals surface area contributed by atoms with E-state index in [0.717, 1.165) is 0 Å². The molecule has 2 unspecified atom stereocenters. The molecule has 1 fully saturated rings. The number of ether oxygens (including phenoxy) is 1. The molecule has 1 aliphatic heterocycles. The number of hydrogen-bond donors (Lipinski definition) is 0. The Kier molecular flexibility index (Phi) is 2.67. The second-order valence-electron chi connectivity index (χ2n) is 5.12. The average molecular weight is 275 g/mol. The van der Waals surface area contributed by atoms with E-state index in [1.807, 2.05) is 0 Å². The van der Waals surface area contributed by atoms with Crippen molar-refractivity contribution < 1.29 is 18.7 Å². The molecule has 3 rings (SSSR count). The molecule has 5 heteroatoms. The maximum atomic E-state index is 13.5. The van der Waals surface area contributed by atoms with Crippen molar-refractivity contribution in [2.24, 2.45) is 5.92 Å². The van der Waals surface area contributed by atoms with Gasteiger partial charge >= 0.3 is 5.97 Å². The zero-order valence-electron chi connectivity index (χ0n) is 11.1. The van der Waals surface area contributed by atoms with E-state index in [9.17, 15) is 14.0 Å². The highest BCUT2D eigenvalue weighted by molar-refractivity contribution is 6.13. The number of carbonyl (C=O) groups is 2. The van der Waals surface area contributed by atoms with Crippen LogP contribution in [0.1, 0.15) is 12.0 Å². The van der Waals surface area contributed by atoms with Crippen LogP contribution in [0.3, 0.4) is 0 Å². The molecule has 104 valence electrons. The molecule has 0 aromatic heterocycles. The van der Waals surface area contributed by atoms with E-state index in [1.165, 1.54) is 19.2 Å². The second kappa shape index (κ2) is 4.16. The summed E-state index contributed by atoms with van der Waals surface area (Å²) >= 11 is 0. The van der Waals surface area contributed by atoms with Crippen LogP contribution in [0.5, 0.6) is 0 Å². The molecule has 20 heavy (non-hydrogen) atoms. The van der Waals surface area contributed by atoms with Crippen LogP contribution in [-0.2, 0) is 19.7 Å². The normalized spacial score (nSPS) is 26.6. The van der Waals surface area contributed by atoms with Gasteiger partial charge < -0.3 is 9.64 Å². The summed E-state index contributed by atoms with van der Waals surface area (Å²) in [5.74, 6) is -1.52. The standard InChI is InChI=1S/C15H14FNO3/c1-3-6-17-12-5-4-9(16)7-10(12)15(14(17)19)8-11(15)13(18)20-2/h3-5,7,11H,1,6,8H2,2H3. The average Bonchev–Trinajstić information content (AvgIpc) is 3.15. The molecule has 4 nitrogen and oxygen atoms in total. The lowest BCUT2D eigenvalue weighted by molar-refractivity contribution is -0.143. The number of fused-ring (bicyclic) bond motifs is 2. The molecule has 0 N–H and O–H groups in total. The number of hydrogen-bond acceptors (Lipinski definition) is 3. The van der Waals surface area contributed by atoms with Crippen LogP contribution in [0.15, 0.2) is 30.9 Å². The van der Waals surface area contributed by atoms with Crippen LogP contribution in [-0.4, -0.2) is 25.5 Å². The quantitative estimate of drug-likeness (QED) is 0.624. The largest absolute Gasteiger partial charge is 0.469 e. The minimum Gasteiger partial charge on any atom is -0.469 e. The van der Waals surface area contributed by atoms with Gasteiger partial charge in [-0.25, -0.2) is 4.39 Å². The van der Waals surface area contributed by atoms with Crippen molar-refractivity contribution in [3.8, 4) is 0 Å². The maximum absolute atomic E-state index is 13.5. The molecule has 0 saturated heterocycles. The topological polar surface area (TPSA) is 46.6 Å². The summed E-state index contributed by atoms with van der Waals surface area (Å²) in [5.41, 5.74) is 0.301. The van der Waals surface area contributed by atoms with Gasteiger partial charge in [-0.1, -0.05) is 6.08 Å². The fourth-order valence-electron chi connectivity index (χ4n) is 3.10. The Morgan fingerprint density at radius 3 is 3.05 bits per heavy atom. The Balaban J connectivity index is 2.10. The van der Waals surface area contributed by atoms with Crippen molar-refractivity contribution in [1.82, 2.24) is 0 Å². The smallest absolute Gasteiger partial charge is 0.310 e. The lowest BCUT2D eigenvalue weighted by Gasteiger charge is -2.15. The zero-order chi connectivity index (χ0) is 14.5. The third kappa shape index (κ3) is 1.46. The Morgan fingerprint density at radius 1 is 1.65 bits per heavy atom. The van der Waals surface area contributed by atoms with Crippen molar-refractivity contribution in [3.63, 3.8) is 0 Å². The molecule has 1 aromatic carbocycles. The first-order valence-electron chi connectivity index (χ1n) is 6.37. The lowest BCUT2D eigenvalue weighted by Crippen LogP contribution is -2.34. The van der Waals surface area contributed by atoms with Gasteiger partial charge in [-0.2, -0.15) is 0 Å². The van der Waals surface area contributed by atoms with Crippen LogP contribution in [0.4, 0.5) is 10.1 Å². The molecular weight excluding hydrogens is 261 g/mol. The van der Waals surface area contributed by atoms with Gasteiger partial charge in [-0.3, -0.25) is 9.59 Å². The molecule has 2 atom stereocenters. The first-order valence-corrected chi connectivity index (χ1v) is 6.37. The number of nitrogens with zero attached hydrogens (tertiary/aromatic N) is 1. The third-order valence-corrected chi connectivity index (χ3v) is 4.12. The molecule has 0 radical (unpaired) electrons. The number of rotatable bonds is 3. The van der Waals surface area contributed by atoms with Crippen molar-refractivity contribution in [3.05, 3.63) is 42.2 Å². The molecule has 0 bridgehead atoms. The highest BCUT2D eigenvalue weighted by Gasteiger charge is 2.70. The first-order chi connectivity index (χ1) is 9.56. The lowest BCUT2D eigenvalue weighted by atomic mass is 9.94. The Morgan fingerprint density at radius 2 is 2.40 bits per heavy atom. The predicted octanol–water partition coefficient (Wildman–Crippen LogP) is 1.79. The van der Waals surface area contributed by atoms with Crippen LogP contribution < -0.4 is 4.90 Å². The number of amides is 1. The van der Waals surface area contributed by atoms with Crippen molar-refractivity contribution >= 4 is 17.6 Å². The number of anilines is 1. The summed E-state index contributed by atoms with van der Waals surface area (Å²) in [6.07, 6.45) is 1.99. The molecule has 1 amide bonds. The fraction of sp³-hybridized carbons (Fsp3) is 0.333. The molecule has 2 aliphatic rings. The van der Waals surface area contributed by atoms with Crippen LogP contribution in [0.25, 0.3) is 0 Å². The number of methoxy groups -OCH3 is 1. The van der Waals surface area contributed by atoms with E-state index >= 15 is 0 Å². The van der Waals surface area contributed by atoms with E-state index in [4.69, 9.17) is 4.74 Å². The first kappa shape index (κ1) is 12.8. The molecule has 1 heterocycles. The highest BCUT2D eigenvalue weighted by Crippen LogP contribution is 2.62. The molecule has 1 spiro atoms. The van der Waals surface area contributed by atoms with E-state index in [-0.39, 0.29) is 5.91 Å². The van der Waals surface area contributed by atoms with Gasteiger partial charge in [0.2, 0.25) is 5.91 Å². The summed E-state index contributed by atoms with van der Waals surface area (Å²) in [4.78, 5) is 25.9. The van der Waals surface area contributed by atoms with E-state index < -0.39 is 23.1 Å². The van der Waals surface area contributed by atoms with Crippen molar-refractivity contribution in [1.29, 1.82) is 0 Å². The summed E-state index contributed by atoms with van der Waals surface area (Å²) in [6.45, 7) is 3.97. The molecule has 1 aliphatic carbocycles. The summed E-state index contributed by atoms with van der Waals surface area (Å²) in [6, 6.07) is 4.24. The van der Waals surface area contributed by atoms with Gasteiger partial charge in [-0.05, 0) is 30.2 Å². The third-order valence-electron chi connectivity index (χ3n) is 4.12. The van der Waals surface area contributed by atoms with Gasteiger partial charge in [-0.15, -0.1) is 6.58 Å². The summed E-state index contributed by atoms with van der Waals surface area (Å²) < 4.78 is 18.2. The van der Waals surface area contributed by atoms with Crippen molar-refractivity contribution in [2.45, 2.75) is 11.8 Å². The minimum atomic E-state index is -0.937. The number of benzene rings is 1. The van der Waals surface area contributed by atoms with Crippen molar-refractivity contribution in [2.75, 3.05) is 18.6 Å². The number of esters is 1. The van der Waals surface area contributed by atoms with E-state index in [0.29, 0.717) is 24.2 Å². The Labute approximate surface area is 115 Å².